The number of hydrogen-bond donors (Lipinski definition) is 1. The van der Waals surface area contributed by atoms with Gasteiger partial charge in [0.25, 0.3) is 0 Å². The number of benzene rings is 1. The van der Waals surface area contributed by atoms with Crippen LogP contribution in [0.1, 0.15) is 39.5 Å². The summed E-state index contributed by atoms with van der Waals surface area (Å²) in [6.45, 7) is 3.38. The van der Waals surface area contributed by atoms with E-state index in [4.69, 9.17) is 4.74 Å². The Balaban J connectivity index is 2.07. The molecule has 2 atom stereocenters. The summed E-state index contributed by atoms with van der Waals surface area (Å²) in [7, 11) is -3.27. The maximum atomic E-state index is 12.1. The van der Waals surface area contributed by atoms with Crippen LogP contribution >= 0.6 is 15.9 Å². The lowest BCUT2D eigenvalue weighted by Crippen LogP contribution is -2.49. The Morgan fingerprint density at radius 2 is 1.81 bits per heavy atom. The van der Waals surface area contributed by atoms with Crippen LogP contribution in [0.15, 0.2) is 28.7 Å². The Labute approximate surface area is 135 Å². The molecule has 118 valence electrons. The number of hydrogen-bond acceptors (Lipinski definition) is 3. The molecule has 0 heterocycles. The van der Waals surface area contributed by atoms with Crippen LogP contribution in [-0.2, 0) is 10.0 Å². The highest BCUT2D eigenvalue weighted by Gasteiger charge is 2.31. The van der Waals surface area contributed by atoms with Crippen molar-refractivity contribution in [2.24, 2.45) is 0 Å². The van der Waals surface area contributed by atoms with Crippen molar-refractivity contribution in [2.45, 2.75) is 56.9 Å². The van der Waals surface area contributed by atoms with Gasteiger partial charge in [-0.3, -0.25) is 0 Å². The highest BCUT2D eigenvalue weighted by atomic mass is 79.9. The summed E-state index contributed by atoms with van der Waals surface area (Å²) < 4.78 is 33.9. The molecule has 0 amide bonds. The predicted octanol–water partition coefficient (Wildman–Crippen LogP) is 3.47. The van der Waals surface area contributed by atoms with E-state index >= 15 is 0 Å². The standard InChI is InChI=1S/C15H22BrNO3S/c1-11(2)21(18,19)17-14-5-3-4-6-15(14)20-13-9-7-12(16)8-10-13/h7-11,14-15,17H,3-6H2,1-2H3. The normalized spacial score (nSPS) is 23.2. The van der Waals surface area contributed by atoms with E-state index < -0.39 is 15.3 Å². The molecule has 4 nitrogen and oxygen atoms in total. The summed E-state index contributed by atoms with van der Waals surface area (Å²) in [5.74, 6) is 0.777. The van der Waals surface area contributed by atoms with Crippen LogP contribution in [-0.4, -0.2) is 25.8 Å². The van der Waals surface area contributed by atoms with Gasteiger partial charge in [-0.2, -0.15) is 0 Å². The molecule has 2 rings (SSSR count). The van der Waals surface area contributed by atoms with Gasteiger partial charge in [0, 0.05) is 4.47 Å². The first-order valence-electron chi connectivity index (χ1n) is 7.32. The number of sulfonamides is 1. The minimum Gasteiger partial charge on any atom is -0.489 e. The first-order chi connectivity index (χ1) is 9.88. The topological polar surface area (TPSA) is 55.4 Å². The highest BCUT2D eigenvalue weighted by Crippen LogP contribution is 2.25. The SMILES string of the molecule is CC(C)S(=O)(=O)NC1CCCCC1Oc1ccc(Br)cc1. The fraction of sp³-hybridized carbons (Fsp3) is 0.600. The van der Waals surface area contributed by atoms with Crippen molar-refractivity contribution in [2.75, 3.05) is 0 Å². The monoisotopic (exact) mass is 375 g/mol. The number of ether oxygens (including phenoxy) is 1. The number of nitrogens with one attached hydrogen (secondary N) is 1. The van der Waals surface area contributed by atoms with Crippen LogP contribution in [0.4, 0.5) is 0 Å². The van der Waals surface area contributed by atoms with Gasteiger partial charge in [0.05, 0.1) is 11.3 Å². The van der Waals surface area contributed by atoms with Crippen LogP contribution in [0.2, 0.25) is 0 Å². The fourth-order valence-corrected chi connectivity index (χ4v) is 3.64. The Morgan fingerprint density at radius 3 is 2.43 bits per heavy atom. The quantitative estimate of drug-likeness (QED) is 0.856. The van der Waals surface area contributed by atoms with E-state index in [0.29, 0.717) is 0 Å². The van der Waals surface area contributed by atoms with Crippen LogP contribution in [0, 0.1) is 0 Å². The minimum absolute atomic E-state index is 0.103. The largest absolute Gasteiger partial charge is 0.489 e. The second-order valence-electron chi connectivity index (χ2n) is 5.71. The first-order valence-corrected chi connectivity index (χ1v) is 9.66. The summed E-state index contributed by atoms with van der Waals surface area (Å²) in [6.07, 6.45) is 3.70. The zero-order valence-corrected chi connectivity index (χ0v) is 14.8. The van der Waals surface area contributed by atoms with Gasteiger partial charge in [-0.1, -0.05) is 22.4 Å². The van der Waals surface area contributed by atoms with Crippen molar-refractivity contribution in [3.63, 3.8) is 0 Å². The molecule has 0 radical (unpaired) electrons. The van der Waals surface area contributed by atoms with Gasteiger partial charge in [-0.25, -0.2) is 13.1 Å². The van der Waals surface area contributed by atoms with Crippen molar-refractivity contribution in [1.82, 2.24) is 4.72 Å². The molecule has 6 heteroatoms. The van der Waals surface area contributed by atoms with Crippen LogP contribution in [0.25, 0.3) is 0 Å². The Hall–Kier alpha value is -0.590. The molecule has 1 N–H and O–H groups in total. The molecular weight excluding hydrogens is 354 g/mol. The molecule has 21 heavy (non-hydrogen) atoms. The van der Waals surface area contributed by atoms with E-state index in [1.165, 1.54) is 0 Å². The van der Waals surface area contributed by atoms with Crippen molar-refractivity contribution in [3.05, 3.63) is 28.7 Å². The second kappa shape index (κ2) is 7.11. The third-order valence-electron chi connectivity index (χ3n) is 3.74. The lowest BCUT2D eigenvalue weighted by Gasteiger charge is -2.32. The summed E-state index contributed by atoms with van der Waals surface area (Å²) in [6, 6.07) is 7.49. The maximum absolute atomic E-state index is 12.1. The van der Waals surface area contributed by atoms with E-state index in [1.54, 1.807) is 13.8 Å². The Morgan fingerprint density at radius 1 is 1.19 bits per heavy atom. The summed E-state index contributed by atoms with van der Waals surface area (Å²) in [4.78, 5) is 0. The van der Waals surface area contributed by atoms with Crippen LogP contribution in [0.3, 0.4) is 0 Å². The van der Waals surface area contributed by atoms with Gasteiger partial charge in [0.15, 0.2) is 0 Å². The lowest BCUT2D eigenvalue weighted by atomic mass is 9.93. The molecule has 1 aliphatic carbocycles. The number of halogens is 1. The van der Waals surface area contributed by atoms with Gasteiger partial charge in [-0.05, 0) is 57.4 Å². The second-order valence-corrected chi connectivity index (χ2v) is 8.90. The van der Waals surface area contributed by atoms with Crippen molar-refractivity contribution in [3.8, 4) is 5.75 Å². The third kappa shape index (κ3) is 4.69. The summed E-state index contributed by atoms with van der Waals surface area (Å²) in [5, 5.41) is -0.423. The van der Waals surface area contributed by atoms with Gasteiger partial charge in [0.1, 0.15) is 11.9 Å². The average Bonchev–Trinajstić information content (AvgIpc) is 2.43. The van der Waals surface area contributed by atoms with Gasteiger partial charge >= 0.3 is 0 Å². The molecule has 2 unspecified atom stereocenters. The molecule has 1 aliphatic rings. The molecule has 0 aromatic heterocycles. The maximum Gasteiger partial charge on any atom is 0.214 e. The minimum atomic E-state index is -3.27. The van der Waals surface area contributed by atoms with Gasteiger partial charge in [0.2, 0.25) is 10.0 Å². The van der Waals surface area contributed by atoms with Gasteiger partial charge < -0.3 is 4.74 Å². The summed E-state index contributed by atoms with van der Waals surface area (Å²) in [5.41, 5.74) is 0. The molecule has 0 bridgehead atoms. The lowest BCUT2D eigenvalue weighted by molar-refractivity contribution is 0.124. The van der Waals surface area contributed by atoms with E-state index in [1.807, 2.05) is 24.3 Å². The zero-order chi connectivity index (χ0) is 15.5. The zero-order valence-electron chi connectivity index (χ0n) is 12.4. The third-order valence-corrected chi connectivity index (χ3v) is 6.14. The van der Waals surface area contributed by atoms with Gasteiger partial charge in [-0.15, -0.1) is 0 Å². The first kappa shape index (κ1) is 16.8. The van der Waals surface area contributed by atoms with Crippen LogP contribution in [0.5, 0.6) is 5.75 Å². The van der Waals surface area contributed by atoms with E-state index in [0.717, 1.165) is 35.9 Å². The predicted molar refractivity (Wildman–Crippen MR) is 88.0 cm³/mol. The highest BCUT2D eigenvalue weighted by molar-refractivity contribution is 9.10. The molecule has 0 aliphatic heterocycles. The fourth-order valence-electron chi connectivity index (χ4n) is 2.41. The number of rotatable bonds is 5. The van der Waals surface area contributed by atoms with Crippen molar-refractivity contribution < 1.29 is 13.2 Å². The Kier molecular flexibility index (Phi) is 5.68. The molecule has 1 fully saturated rings. The molecule has 0 spiro atoms. The van der Waals surface area contributed by atoms with E-state index in [-0.39, 0.29) is 12.1 Å². The van der Waals surface area contributed by atoms with Crippen LogP contribution < -0.4 is 9.46 Å². The van der Waals surface area contributed by atoms with E-state index in [2.05, 4.69) is 20.7 Å². The van der Waals surface area contributed by atoms with E-state index in [9.17, 15) is 8.42 Å². The molecular formula is C15H22BrNO3S. The van der Waals surface area contributed by atoms with Crippen molar-refractivity contribution in [1.29, 1.82) is 0 Å². The molecule has 1 saturated carbocycles. The molecule has 1 aromatic rings. The summed E-state index contributed by atoms with van der Waals surface area (Å²) >= 11 is 3.39. The molecule has 1 aromatic carbocycles. The average molecular weight is 376 g/mol. The Bertz CT molecular complexity index is 557. The molecule has 0 saturated heterocycles. The smallest absolute Gasteiger partial charge is 0.214 e. The van der Waals surface area contributed by atoms with Crippen molar-refractivity contribution >= 4 is 26.0 Å².